The van der Waals surface area contributed by atoms with E-state index in [1.165, 1.54) is 4.88 Å². The number of guanidine groups is 1. The third-order valence-corrected chi connectivity index (χ3v) is 3.17. The molecule has 19 heavy (non-hydrogen) atoms. The molecule has 0 amide bonds. The maximum absolute atomic E-state index is 5.02. The minimum Gasteiger partial charge on any atom is -0.357 e. The third kappa shape index (κ3) is 4.36. The van der Waals surface area contributed by atoms with Crippen LogP contribution in [-0.4, -0.2) is 22.6 Å². The van der Waals surface area contributed by atoms with Crippen molar-refractivity contribution < 1.29 is 4.52 Å². The van der Waals surface area contributed by atoms with Gasteiger partial charge in [-0.1, -0.05) is 11.2 Å². The molecule has 0 fully saturated rings. The van der Waals surface area contributed by atoms with E-state index in [1.807, 2.05) is 13.0 Å². The van der Waals surface area contributed by atoms with Crippen molar-refractivity contribution in [3.63, 3.8) is 0 Å². The van der Waals surface area contributed by atoms with Crippen molar-refractivity contribution in [3.05, 3.63) is 34.1 Å². The SMILES string of the molecule is CCNC(=NCc1nc(C)no1)NCc1cccs1. The van der Waals surface area contributed by atoms with Crippen molar-refractivity contribution in [1.82, 2.24) is 20.8 Å². The van der Waals surface area contributed by atoms with E-state index in [1.54, 1.807) is 18.3 Å². The molecule has 0 bridgehead atoms. The molecular formula is C12H17N5OS. The molecule has 2 aromatic heterocycles. The lowest BCUT2D eigenvalue weighted by molar-refractivity contribution is 0.376. The van der Waals surface area contributed by atoms with Gasteiger partial charge in [-0.3, -0.25) is 0 Å². The van der Waals surface area contributed by atoms with Crippen molar-refractivity contribution in [2.24, 2.45) is 4.99 Å². The zero-order valence-electron chi connectivity index (χ0n) is 11.0. The van der Waals surface area contributed by atoms with Crippen LogP contribution in [0.15, 0.2) is 27.0 Å². The molecule has 102 valence electrons. The second-order valence-electron chi connectivity index (χ2n) is 3.86. The Kier molecular flexibility index (Phi) is 4.91. The summed E-state index contributed by atoms with van der Waals surface area (Å²) in [7, 11) is 0. The first-order chi connectivity index (χ1) is 9.28. The van der Waals surface area contributed by atoms with Gasteiger partial charge in [-0.25, -0.2) is 4.99 Å². The lowest BCUT2D eigenvalue weighted by atomic mass is 10.4. The molecule has 0 unspecified atom stereocenters. The molecule has 2 N–H and O–H groups in total. The number of nitrogens with zero attached hydrogens (tertiary/aromatic N) is 3. The van der Waals surface area contributed by atoms with E-state index >= 15 is 0 Å². The van der Waals surface area contributed by atoms with E-state index in [9.17, 15) is 0 Å². The van der Waals surface area contributed by atoms with E-state index in [-0.39, 0.29) is 0 Å². The van der Waals surface area contributed by atoms with Gasteiger partial charge >= 0.3 is 0 Å². The van der Waals surface area contributed by atoms with E-state index in [0.29, 0.717) is 18.3 Å². The quantitative estimate of drug-likeness (QED) is 0.643. The van der Waals surface area contributed by atoms with Crippen molar-refractivity contribution in [2.75, 3.05) is 6.54 Å². The number of aryl methyl sites for hydroxylation is 1. The molecule has 0 aromatic carbocycles. The summed E-state index contributed by atoms with van der Waals surface area (Å²) in [4.78, 5) is 9.78. The van der Waals surface area contributed by atoms with Crippen molar-refractivity contribution in [1.29, 1.82) is 0 Å². The fraction of sp³-hybridized carbons (Fsp3) is 0.417. The van der Waals surface area contributed by atoms with Crippen LogP contribution in [0, 0.1) is 6.92 Å². The van der Waals surface area contributed by atoms with Gasteiger partial charge in [-0.05, 0) is 25.3 Å². The molecule has 6 nitrogen and oxygen atoms in total. The first-order valence-electron chi connectivity index (χ1n) is 6.11. The van der Waals surface area contributed by atoms with Gasteiger partial charge in [0.05, 0.1) is 6.54 Å². The zero-order valence-corrected chi connectivity index (χ0v) is 11.8. The van der Waals surface area contributed by atoms with Crippen LogP contribution in [-0.2, 0) is 13.1 Å². The van der Waals surface area contributed by atoms with E-state index in [0.717, 1.165) is 19.0 Å². The lowest BCUT2D eigenvalue weighted by Crippen LogP contribution is -2.36. The summed E-state index contributed by atoms with van der Waals surface area (Å²) < 4.78 is 5.02. The van der Waals surface area contributed by atoms with Gasteiger partial charge in [-0.15, -0.1) is 11.3 Å². The Morgan fingerprint density at radius 2 is 2.37 bits per heavy atom. The molecule has 2 aromatic rings. The predicted molar refractivity (Wildman–Crippen MR) is 75.0 cm³/mol. The number of rotatable bonds is 5. The number of aromatic nitrogens is 2. The van der Waals surface area contributed by atoms with Crippen LogP contribution < -0.4 is 10.6 Å². The van der Waals surface area contributed by atoms with Crippen LogP contribution in [0.1, 0.15) is 23.5 Å². The van der Waals surface area contributed by atoms with Gasteiger partial charge in [0.2, 0.25) is 5.89 Å². The molecule has 0 aliphatic heterocycles. The van der Waals surface area contributed by atoms with E-state index in [2.05, 4.69) is 37.2 Å². The van der Waals surface area contributed by atoms with Gasteiger partial charge < -0.3 is 15.2 Å². The summed E-state index contributed by atoms with van der Waals surface area (Å²) in [6.07, 6.45) is 0. The largest absolute Gasteiger partial charge is 0.357 e. The zero-order chi connectivity index (χ0) is 13.5. The lowest BCUT2D eigenvalue weighted by Gasteiger charge is -2.09. The Bertz CT molecular complexity index is 520. The first kappa shape index (κ1) is 13.5. The van der Waals surface area contributed by atoms with Gasteiger partial charge in [0, 0.05) is 11.4 Å². The summed E-state index contributed by atoms with van der Waals surface area (Å²) in [5, 5.41) is 12.2. The molecule has 0 spiro atoms. The van der Waals surface area contributed by atoms with Crippen LogP contribution in [0.3, 0.4) is 0 Å². The van der Waals surface area contributed by atoms with Crippen LogP contribution in [0.25, 0.3) is 0 Å². The Morgan fingerprint density at radius 3 is 3.00 bits per heavy atom. The molecule has 2 rings (SSSR count). The highest BCUT2D eigenvalue weighted by Gasteiger charge is 2.03. The minimum atomic E-state index is 0.376. The highest BCUT2D eigenvalue weighted by Crippen LogP contribution is 2.07. The molecule has 0 saturated heterocycles. The van der Waals surface area contributed by atoms with Crippen molar-refractivity contribution in [3.8, 4) is 0 Å². The molecule has 0 radical (unpaired) electrons. The molecule has 7 heteroatoms. The number of nitrogens with one attached hydrogen (secondary N) is 2. The van der Waals surface area contributed by atoms with E-state index < -0.39 is 0 Å². The Morgan fingerprint density at radius 1 is 1.47 bits per heavy atom. The molecule has 0 atom stereocenters. The van der Waals surface area contributed by atoms with E-state index in [4.69, 9.17) is 4.52 Å². The van der Waals surface area contributed by atoms with Crippen LogP contribution in [0.5, 0.6) is 0 Å². The average Bonchev–Trinajstić information content (AvgIpc) is 3.04. The van der Waals surface area contributed by atoms with Gasteiger partial charge in [0.25, 0.3) is 0 Å². The van der Waals surface area contributed by atoms with Crippen LogP contribution in [0.2, 0.25) is 0 Å². The highest BCUT2D eigenvalue weighted by atomic mass is 32.1. The maximum Gasteiger partial charge on any atom is 0.248 e. The third-order valence-electron chi connectivity index (χ3n) is 2.30. The second kappa shape index (κ2) is 6.89. The fourth-order valence-electron chi connectivity index (χ4n) is 1.48. The Labute approximate surface area is 115 Å². The number of hydrogen-bond acceptors (Lipinski definition) is 5. The van der Waals surface area contributed by atoms with Crippen molar-refractivity contribution >= 4 is 17.3 Å². The second-order valence-corrected chi connectivity index (χ2v) is 4.90. The summed E-state index contributed by atoms with van der Waals surface area (Å²) in [5.41, 5.74) is 0. The summed E-state index contributed by atoms with van der Waals surface area (Å²) in [5.74, 6) is 1.89. The average molecular weight is 279 g/mol. The topological polar surface area (TPSA) is 75.3 Å². The molecule has 0 aliphatic carbocycles. The summed E-state index contributed by atoms with van der Waals surface area (Å²) >= 11 is 1.71. The first-order valence-corrected chi connectivity index (χ1v) is 6.99. The van der Waals surface area contributed by atoms with Crippen LogP contribution in [0.4, 0.5) is 0 Å². The maximum atomic E-state index is 5.02. The predicted octanol–water partition coefficient (Wildman–Crippen LogP) is 1.69. The summed E-state index contributed by atoms with van der Waals surface area (Å²) in [6, 6.07) is 4.12. The smallest absolute Gasteiger partial charge is 0.248 e. The van der Waals surface area contributed by atoms with Crippen molar-refractivity contribution in [2.45, 2.75) is 26.9 Å². The van der Waals surface area contributed by atoms with Gasteiger partial charge in [-0.2, -0.15) is 4.98 Å². The summed E-state index contributed by atoms with van der Waals surface area (Å²) in [6.45, 7) is 5.75. The molecular weight excluding hydrogens is 262 g/mol. The number of aliphatic imine (C=N–C) groups is 1. The number of thiophene rings is 1. The molecule has 0 saturated carbocycles. The fourth-order valence-corrected chi connectivity index (χ4v) is 2.12. The van der Waals surface area contributed by atoms with Crippen LogP contribution >= 0.6 is 11.3 Å². The normalized spacial score (nSPS) is 11.6. The molecule has 2 heterocycles. The Balaban J connectivity index is 1.90. The van der Waals surface area contributed by atoms with Gasteiger partial charge in [0.15, 0.2) is 11.8 Å². The number of hydrogen-bond donors (Lipinski definition) is 2. The Hall–Kier alpha value is -1.89. The minimum absolute atomic E-state index is 0.376. The monoisotopic (exact) mass is 279 g/mol. The highest BCUT2D eigenvalue weighted by molar-refractivity contribution is 7.09. The van der Waals surface area contributed by atoms with Gasteiger partial charge in [0.1, 0.15) is 6.54 Å². The standard InChI is InChI=1S/C12H17N5OS/c1-3-13-12(14-7-10-5-4-6-19-10)15-8-11-16-9(2)17-18-11/h4-6H,3,7-8H2,1-2H3,(H2,13,14,15). The molecule has 0 aliphatic rings.